The molecule has 3 nitrogen and oxygen atoms in total. The van der Waals surface area contributed by atoms with Gasteiger partial charge in [0.05, 0.1) is 6.20 Å². The molecule has 0 aromatic carbocycles. The number of allylic oxidation sites excluding steroid dienone is 2. The van der Waals surface area contributed by atoms with Crippen LogP contribution in [0.4, 0.5) is 0 Å². The quantitative estimate of drug-likeness (QED) is 0.547. The van der Waals surface area contributed by atoms with E-state index in [9.17, 15) is 5.21 Å². The first kappa shape index (κ1) is 11.9. The third-order valence-corrected chi connectivity index (χ3v) is 4.23. The van der Waals surface area contributed by atoms with E-state index >= 15 is 0 Å². The highest BCUT2D eigenvalue weighted by Crippen LogP contribution is 2.33. The van der Waals surface area contributed by atoms with Crippen molar-refractivity contribution in [2.45, 2.75) is 31.7 Å². The smallest absolute Gasteiger partial charge is 0.206 e. The molecule has 88 valence electrons. The van der Waals surface area contributed by atoms with Gasteiger partial charge in [0.2, 0.25) is 4.99 Å². The van der Waals surface area contributed by atoms with Crippen molar-refractivity contribution in [3.8, 4) is 0 Å². The molecule has 2 aliphatic rings. The predicted molar refractivity (Wildman–Crippen MR) is 69.0 cm³/mol. The fourth-order valence-electron chi connectivity index (χ4n) is 2.54. The van der Waals surface area contributed by atoms with E-state index in [0.717, 1.165) is 18.5 Å². The Morgan fingerprint density at radius 1 is 1.50 bits per heavy atom. The van der Waals surface area contributed by atoms with Crippen molar-refractivity contribution in [2.24, 2.45) is 0 Å². The fraction of sp³-hybridized carbons (Fsp3) is 0.583. The monoisotopic (exact) mass is 238 g/mol. The van der Waals surface area contributed by atoms with Gasteiger partial charge in [0.15, 0.2) is 0 Å². The third kappa shape index (κ3) is 1.86. The van der Waals surface area contributed by atoms with Crippen LogP contribution in [0.3, 0.4) is 0 Å². The van der Waals surface area contributed by atoms with E-state index in [1.165, 1.54) is 12.8 Å². The van der Waals surface area contributed by atoms with Gasteiger partial charge in [-0.15, -0.1) is 0 Å². The van der Waals surface area contributed by atoms with Crippen molar-refractivity contribution >= 4 is 17.2 Å². The minimum atomic E-state index is -0.0598. The van der Waals surface area contributed by atoms with Crippen LogP contribution in [-0.4, -0.2) is 29.0 Å². The average molecular weight is 238 g/mol. The second kappa shape index (κ2) is 4.37. The van der Waals surface area contributed by atoms with Crippen molar-refractivity contribution in [3.63, 3.8) is 0 Å². The summed E-state index contributed by atoms with van der Waals surface area (Å²) in [6, 6.07) is 0. The number of hydrogen-bond donors (Lipinski definition) is 1. The second-order valence-electron chi connectivity index (χ2n) is 4.79. The van der Waals surface area contributed by atoms with E-state index in [1.807, 2.05) is 12.2 Å². The van der Waals surface area contributed by atoms with Crippen molar-refractivity contribution < 1.29 is 5.06 Å². The van der Waals surface area contributed by atoms with E-state index in [0.29, 0.717) is 4.99 Å². The Labute approximate surface area is 102 Å². The molecule has 2 heterocycles. The number of likely N-dealkylation sites (tertiary alicyclic amines) is 1. The SMILES string of the molecule is CN1CCCCC1(C)C1=CC=C[NH+]([O-])C1=S. The van der Waals surface area contributed by atoms with Crippen LogP contribution in [0.15, 0.2) is 23.9 Å². The zero-order valence-electron chi connectivity index (χ0n) is 9.82. The maximum atomic E-state index is 11.6. The number of hydroxylamine groups is 2. The van der Waals surface area contributed by atoms with Crippen LogP contribution in [0, 0.1) is 5.21 Å². The van der Waals surface area contributed by atoms with Crippen LogP contribution in [0.5, 0.6) is 0 Å². The normalized spacial score (nSPS) is 36.3. The number of nitrogens with one attached hydrogen (secondary N) is 1. The summed E-state index contributed by atoms with van der Waals surface area (Å²) in [6.07, 6.45) is 8.90. The lowest BCUT2D eigenvalue weighted by molar-refractivity contribution is -0.680. The number of quaternary nitrogens is 1. The molecular weight excluding hydrogens is 220 g/mol. The first-order chi connectivity index (χ1) is 7.55. The van der Waals surface area contributed by atoms with Gasteiger partial charge in [0.1, 0.15) is 0 Å². The predicted octanol–water partition coefficient (Wildman–Crippen LogP) is 1.02. The Hall–Kier alpha value is -0.550. The lowest BCUT2D eigenvalue weighted by Crippen LogP contribution is -3.06. The maximum Gasteiger partial charge on any atom is 0.206 e. The highest BCUT2D eigenvalue weighted by molar-refractivity contribution is 7.80. The van der Waals surface area contributed by atoms with Crippen LogP contribution < -0.4 is 5.06 Å². The van der Waals surface area contributed by atoms with Crippen molar-refractivity contribution in [1.29, 1.82) is 0 Å². The summed E-state index contributed by atoms with van der Waals surface area (Å²) in [5.41, 5.74) is 0.965. The van der Waals surface area contributed by atoms with E-state index in [4.69, 9.17) is 12.2 Å². The number of rotatable bonds is 1. The zero-order chi connectivity index (χ0) is 11.8. The molecule has 0 amide bonds. The molecule has 1 fully saturated rings. The Morgan fingerprint density at radius 2 is 2.25 bits per heavy atom. The molecule has 2 unspecified atom stereocenters. The Kier molecular flexibility index (Phi) is 3.26. The van der Waals surface area contributed by atoms with E-state index in [-0.39, 0.29) is 10.6 Å². The molecule has 2 rings (SSSR count). The number of thiocarbonyl (C=S) groups is 1. The molecule has 0 saturated carbocycles. The van der Waals surface area contributed by atoms with E-state index < -0.39 is 0 Å². The summed E-state index contributed by atoms with van der Waals surface area (Å²) >= 11 is 5.26. The van der Waals surface area contributed by atoms with Gasteiger partial charge >= 0.3 is 0 Å². The van der Waals surface area contributed by atoms with Gasteiger partial charge in [-0.1, -0.05) is 0 Å². The topological polar surface area (TPSA) is 30.7 Å². The number of piperidine rings is 1. The van der Waals surface area contributed by atoms with Crippen molar-refractivity contribution in [3.05, 3.63) is 29.1 Å². The molecule has 4 heteroatoms. The lowest BCUT2D eigenvalue weighted by Gasteiger charge is -2.45. The van der Waals surface area contributed by atoms with Crippen LogP contribution in [0.2, 0.25) is 0 Å². The first-order valence-corrected chi connectivity index (χ1v) is 6.15. The lowest BCUT2D eigenvalue weighted by atomic mass is 9.81. The number of likely N-dealkylation sites (N-methyl/N-ethyl adjacent to an activating group) is 1. The number of hydrogen-bond acceptors (Lipinski definition) is 3. The molecule has 0 spiro atoms. The van der Waals surface area contributed by atoms with Gasteiger partial charge in [-0.2, -0.15) is 0 Å². The van der Waals surface area contributed by atoms with Crippen molar-refractivity contribution in [1.82, 2.24) is 4.90 Å². The molecule has 1 N–H and O–H groups in total. The molecule has 0 aliphatic carbocycles. The molecule has 0 aromatic rings. The molecular formula is C12H18N2OS. The largest absolute Gasteiger partial charge is 0.623 e. The zero-order valence-corrected chi connectivity index (χ0v) is 10.6. The van der Waals surface area contributed by atoms with Crippen LogP contribution >= 0.6 is 12.2 Å². The van der Waals surface area contributed by atoms with Gasteiger partial charge in [0.25, 0.3) is 0 Å². The molecule has 0 aromatic heterocycles. The molecule has 0 radical (unpaired) electrons. The minimum Gasteiger partial charge on any atom is -0.623 e. The maximum absolute atomic E-state index is 11.6. The third-order valence-electron chi connectivity index (χ3n) is 3.81. The highest BCUT2D eigenvalue weighted by atomic mass is 32.1. The summed E-state index contributed by atoms with van der Waals surface area (Å²) < 4.78 is 0. The van der Waals surface area contributed by atoms with Gasteiger partial charge in [-0.05, 0) is 64.1 Å². The van der Waals surface area contributed by atoms with E-state index in [1.54, 1.807) is 6.20 Å². The average Bonchev–Trinajstić information content (AvgIpc) is 2.26. The van der Waals surface area contributed by atoms with E-state index in [2.05, 4.69) is 18.9 Å². The Bertz CT molecular complexity index is 364. The van der Waals surface area contributed by atoms with Gasteiger partial charge in [0, 0.05) is 11.1 Å². The summed E-state index contributed by atoms with van der Waals surface area (Å²) in [7, 11) is 2.12. The summed E-state index contributed by atoms with van der Waals surface area (Å²) in [4.78, 5) is 2.82. The van der Waals surface area contributed by atoms with Crippen LogP contribution in [0.1, 0.15) is 26.2 Å². The number of nitrogens with zero attached hydrogens (tertiary/aromatic N) is 1. The van der Waals surface area contributed by atoms with Gasteiger partial charge < -0.3 is 10.3 Å². The molecule has 1 saturated heterocycles. The fourth-order valence-corrected chi connectivity index (χ4v) is 2.89. The van der Waals surface area contributed by atoms with Crippen molar-refractivity contribution in [2.75, 3.05) is 13.6 Å². The Morgan fingerprint density at radius 3 is 2.94 bits per heavy atom. The summed E-state index contributed by atoms with van der Waals surface area (Å²) in [6.45, 7) is 3.27. The Balaban J connectivity index is 2.32. The summed E-state index contributed by atoms with van der Waals surface area (Å²) in [5, 5.41) is 11.6. The van der Waals surface area contributed by atoms with Gasteiger partial charge in [-0.3, -0.25) is 4.90 Å². The van der Waals surface area contributed by atoms with Crippen LogP contribution in [-0.2, 0) is 0 Å². The highest BCUT2D eigenvalue weighted by Gasteiger charge is 2.39. The molecule has 16 heavy (non-hydrogen) atoms. The first-order valence-electron chi connectivity index (χ1n) is 5.74. The summed E-state index contributed by atoms with van der Waals surface area (Å²) in [5.74, 6) is 0. The molecule has 2 aliphatic heterocycles. The second-order valence-corrected chi connectivity index (χ2v) is 5.19. The minimum absolute atomic E-state index is 0.0206. The molecule has 2 atom stereocenters. The standard InChI is InChI=1S/C12H18N2OS/c1-12(7-3-4-8-13(12)2)10-6-5-9-14(15)11(10)16/h5-6,9,14H,3-4,7-8H2,1-2H3. The van der Waals surface area contributed by atoms with Gasteiger partial charge in [-0.25, -0.2) is 0 Å². The van der Waals surface area contributed by atoms with Crippen LogP contribution in [0.25, 0.3) is 0 Å². The molecule has 0 bridgehead atoms.